The summed E-state index contributed by atoms with van der Waals surface area (Å²) in [7, 11) is -2.64. The summed E-state index contributed by atoms with van der Waals surface area (Å²) < 4.78 is 4.20. The van der Waals surface area contributed by atoms with Gasteiger partial charge in [-0.15, -0.1) is 0 Å². The van der Waals surface area contributed by atoms with Gasteiger partial charge in [-0.05, 0) is 13.8 Å². The number of hydrogen-bond acceptors (Lipinski definition) is 3. The van der Waals surface area contributed by atoms with E-state index in [1.54, 1.807) is 13.8 Å². The second-order valence-corrected chi connectivity index (χ2v) is 2.04. The normalized spacial score (nSPS) is 8.67. The molecule has 0 N–H and O–H groups in total. The van der Waals surface area contributed by atoms with Crippen LogP contribution in [0.1, 0.15) is 13.8 Å². The van der Waals surface area contributed by atoms with Crippen molar-refractivity contribution in [2.24, 2.45) is 0 Å². The Morgan fingerprint density at radius 1 is 1.22 bits per heavy atom. The van der Waals surface area contributed by atoms with Gasteiger partial charge in [0, 0.05) is 0 Å². The molecular formula is C3H7Na2O3P. The van der Waals surface area contributed by atoms with E-state index in [9.17, 15) is 9.79 Å². The molecule has 0 fully saturated rings. The van der Waals surface area contributed by atoms with Crippen LogP contribution in [-0.2, 0) is 4.52 Å². The topological polar surface area (TPSA) is 55.3 Å². The first-order valence-corrected chi connectivity index (χ1v) is 3.03. The molecule has 0 aliphatic carbocycles. The first-order valence-electron chi connectivity index (χ1n) is 1.94. The van der Waals surface area contributed by atoms with Crippen molar-refractivity contribution < 1.29 is 73.4 Å². The fraction of sp³-hybridized carbons (Fsp3) is 1.00. The molecule has 0 saturated heterocycles. The molecule has 0 saturated carbocycles. The summed E-state index contributed by atoms with van der Waals surface area (Å²) in [6.07, 6.45) is -0.221. The molecule has 3 nitrogen and oxygen atoms in total. The van der Waals surface area contributed by atoms with Gasteiger partial charge in [0.05, 0.1) is 6.10 Å². The average Bonchev–Trinajstić information content (AvgIpc) is 1.27. The van der Waals surface area contributed by atoms with Gasteiger partial charge >= 0.3 is 59.1 Å². The minimum Gasteiger partial charge on any atom is -0.820 e. The molecule has 0 aliphatic rings. The molecule has 0 spiro atoms. The van der Waals surface area contributed by atoms with Crippen molar-refractivity contribution in [1.82, 2.24) is 0 Å². The summed E-state index contributed by atoms with van der Waals surface area (Å²) in [5.74, 6) is 0. The minimum absolute atomic E-state index is 0. The zero-order valence-corrected chi connectivity index (χ0v) is 11.1. The molecule has 6 heteroatoms. The Bertz CT molecular complexity index is 46.3. The molecule has 0 bridgehead atoms. The third-order valence-corrected chi connectivity index (χ3v) is 0.891. The summed E-state index contributed by atoms with van der Waals surface area (Å²) >= 11 is 0. The standard InChI is InChI=1S/C3H7O3P.2Na/c1-3(2)6-7(4)5;;/h3H,1-2H3;;/q-2;2*+1. The van der Waals surface area contributed by atoms with E-state index in [2.05, 4.69) is 4.52 Å². The van der Waals surface area contributed by atoms with Crippen molar-refractivity contribution >= 4 is 8.60 Å². The molecule has 0 aromatic carbocycles. The maximum Gasteiger partial charge on any atom is 1.00 e. The molecule has 0 rings (SSSR count). The molecular weight excluding hydrogens is 161 g/mol. The van der Waals surface area contributed by atoms with Crippen LogP contribution in [0.3, 0.4) is 0 Å². The van der Waals surface area contributed by atoms with E-state index in [-0.39, 0.29) is 65.2 Å². The zero-order chi connectivity index (χ0) is 5.86. The largest absolute Gasteiger partial charge is 1.00 e. The van der Waals surface area contributed by atoms with Crippen LogP contribution in [0.5, 0.6) is 0 Å². The molecule has 0 atom stereocenters. The van der Waals surface area contributed by atoms with E-state index < -0.39 is 8.60 Å². The van der Waals surface area contributed by atoms with Crippen molar-refractivity contribution in [2.75, 3.05) is 0 Å². The fourth-order valence-corrected chi connectivity index (χ4v) is 0.516. The van der Waals surface area contributed by atoms with E-state index >= 15 is 0 Å². The van der Waals surface area contributed by atoms with Crippen LogP contribution >= 0.6 is 8.60 Å². The second-order valence-electron chi connectivity index (χ2n) is 1.38. The SMILES string of the molecule is CC(C)OP([O-])[O-].[Na+].[Na+]. The van der Waals surface area contributed by atoms with Gasteiger partial charge in [-0.25, -0.2) is 0 Å². The summed E-state index contributed by atoms with van der Waals surface area (Å²) in [5.41, 5.74) is 0. The number of hydrogen-bond donors (Lipinski definition) is 0. The third kappa shape index (κ3) is 17.9. The van der Waals surface area contributed by atoms with Crippen LogP contribution in [0.25, 0.3) is 0 Å². The summed E-state index contributed by atoms with van der Waals surface area (Å²) in [6.45, 7) is 3.32. The van der Waals surface area contributed by atoms with Crippen LogP contribution < -0.4 is 68.9 Å². The van der Waals surface area contributed by atoms with Crippen LogP contribution in [0.2, 0.25) is 0 Å². The summed E-state index contributed by atoms with van der Waals surface area (Å²) in [4.78, 5) is 19.2. The molecule has 9 heavy (non-hydrogen) atoms. The Labute approximate surface area is 101 Å². The van der Waals surface area contributed by atoms with Gasteiger partial charge in [0.25, 0.3) is 0 Å². The van der Waals surface area contributed by atoms with Crippen LogP contribution in [-0.4, -0.2) is 6.10 Å². The molecule has 0 amide bonds. The van der Waals surface area contributed by atoms with Gasteiger partial charge in [0.1, 0.15) is 0 Å². The Balaban J connectivity index is -0.000000180. The molecule has 44 valence electrons. The van der Waals surface area contributed by atoms with Gasteiger partial charge in [-0.2, -0.15) is 8.60 Å². The van der Waals surface area contributed by atoms with E-state index in [1.165, 1.54) is 0 Å². The van der Waals surface area contributed by atoms with Crippen LogP contribution in [0.4, 0.5) is 0 Å². The van der Waals surface area contributed by atoms with Crippen molar-refractivity contribution in [3.8, 4) is 0 Å². The summed E-state index contributed by atoms with van der Waals surface area (Å²) in [6, 6.07) is 0. The molecule has 0 aromatic heterocycles. The van der Waals surface area contributed by atoms with E-state index in [0.717, 1.165) is 0 Å². The Kier molecular flexibility index (Phi) is 19.9. The zero-order valence-electron chi connectivity index (χ0n) is 6.25. The third-order valence-electron chi connectivity index (χ3n) is 0.297. The van der Waals surface area contributed by atoms with Gasteiger partial charge in [-0.1, -0.05) is 0 Å². The Morgan fingerprint density at radius 2 is 1.56 bits per heavy atom. The van der Waals surface area contributed by atoms with Crippen molar-refractivity contribution in [1.29, 1.82) is 0 Å². The van der Waals surface area contributed by atoms with Crippen molar-refractivity contribution in [2.45, 2.75) is 20.0 Å². The first kappa shape index (κ1) is 17.4. The second kappa shape index (κ2) is 10.3. The predicted molar refractivity (Wildman–Crippen MR) is 23.1 cm³/mol. The molecule has 0 aromatic rings. The molecule has 0 radical (unpaired) electrons. The molecule has 0 unspecified atom stereocenters. The number of rotatable bonds is 2. The predicted octanol–water partition coefficient (Wildman–Crippen LogP) is -6.63. The first-order chi connectivity index (χ1) is 3.13. The summed E-state index contributed by atoms with van der Waals surface area (Å²) in [5, 5.41) is 0. The van der Waals surface area contributed by atoms with E-state index in [4.69, 9.17) is 0 Å². The minimum atomic E-state index is -2.64. The van der Waals surface area contributed by atoms with Crippen molar-refractivity contribution in [3.05, 3.63) is 0 Å². The molecule has 0 aliphatic heterocycles. The Morgan fingerprint density at radius 3 is 1.56 bits per heavy atom. The van der Waals surface area contributed by atoms with Crippen molar-refractivity contribution in [3.63, 3.8) is 0 Å². The van der Waals surface area contributed by atoms with Gasteiger partial charge in [0.2, 0.25) is 0 Å². The van der Waals surface area contributed by atoms with Gasteiger partial charge in [-0.3, -0.25) is 0 Å². The van der Waals surface area contributed by atoms with Gasteiger partial charge in [0.15, 0.2) is 0 Å². The average molecular weight is 168 g/mol. The Hall–Kier alpha value is 2.31. The van der Waals surface area contributed by atoms with Crippen LogP contribution in [0, 0.1) is 0 Å². The smallest absolute Gasteiger partial charge is 0.820 e. The monoisotopic (exact) mass is 168 g/mol. The maximum atomic E-state index is 9.62. The van der Waals surface area contributed by atoms with Crippen LogP contribution in [0.15, 0.2) is 0 Å². The van der Waals surface area contributed by atoms with E-state index in [1.807, 2.05) is 0 Å². The fourth-order valence-electron chi connectivity index (χ4n) is 0.172. The maximum absolute atomic E-state index is 9.62. The van der Waals surface area contributed by atoms with E-state index in [0.29, 0.717) is 0 Å². The molecule has 0 heterocycles. The van der Waals surface area contributed by atoms with Gasteiger partial charge < -0.3 is 14.3 Å². The quantitative estimate of drug-likeness (QED) is 0.304.